The Morgan fingerprint density at radius 1 is 1.00 bits per heavy atom. The number of fused-ring (bicyclic) bond motifs is 2. The zero-order valence-corrected chi connectivity index (χ0v) is 27.6. The molecule has 0 unspecified atom stereocenters. The smallest absolute Gasteiger partial charge is 0.227 e. The van der Waals surface area contributed by atoms with E-state index in [2.05, 4.69) is 51.7 Å². The summed E-state index contributed by atoms with van der Waals surface area (Å²) >= 11 is 6.69. The summed E-state index contributed by atoms with van der Waals surface area (Å²) in [4.78, 5) is 32.7. The second-order valence-corrected chi connectivity index (χ2v) is 15.1. The number of halogens is 3. The molecular formula is C35H46ClF2N3O2. The third kappa shape index (κ3) is 5.61. The third-order valence-electron chi connectivity index (χ3n) is 11.0. The van der Waals surface area contributed by atoms with E-state index in [0.717, 1.165) is 35.9 Å². The predicted octanol–water partition coefficient (Wildman–Crippen LogP) is 7.05. The van der Waals surface area contributed by atoms with Crippen molar-refractivity contribution in [3.63, 3.8) is 0 Å². The normalized spacial score (nSPS) is 24.0. The lowest BCUT2D eigenvalue weighted by Gasteiger charge is -2.44. The Morgan fingerprint density at radius 3 is 2.23 bits per heavy atom. The maximum absolute atomic E-state index is 15.0. The minimum atomic E-state index is -0.612. The molecule has 2 aromatic carbocycles. The standard InChI is InChI=1S/C35H46ClF2N3O2/c1-21-15-25-28(17-30(21)36)35(18-29(25)34(6,7)39(8)22(2)42)11-13-40(14-12-35)32(43)27-20-41(33(3,4)5)19-26(27)24-10-9-23(37)16-31(24)38/h9-10,15-17,26-27,29H,11-14,18-20H2,1-8H3/t26-,27+,29-/m0/s1. The summed E-state index contributed by atoms with van der Waals surface area (Å²) in [5.41, 5.74) is 3.21. The number of carbonyl (C=O) groups is 2. The van der Waals surface area contributed by atoms with Crippen molar-refractivity contribution in [1.82, 2.24) is 14.7 Å². The summed E-state index contributed by atoms with van der Waals surface area (Å²) in [6, 6.07) is 8.04. The highest BCUT2D eigenvalue weighted by molar-refractivity contribution is 6.31. The highest BCUT2D eigenvalue weighted by Crippen LogP contribution is 2.57. The van der Waals surface area contributed by atoms with Gasteiger partial charge in [0.25, 0.3) is 0 Å². The number of hydrogen-bond acceptors (Lipinski definition) is 3. The molecule has 1 aliphatic carbocycles. The largest absolute Gasteiger partial charge is 0.342 e. The van der Waals surface area contributed by atoms with Crippen molar-refractivity contribution in [2.75, 3.05) is 33.2 Å². The zero-order chi connectivity index (χ0) is 31.6. The Bertz CT molecular complexity index is 1430. The van der Waals surface area contributed by atoms with Gasteiger partial charge < -0.3 is 9.80 Å². The number of likely N-dealkylation sites (tertiary alicyclic amines) is 2. The van der Waals surface area contributed by atoms with Gasteiger partial charge in [0.1, 0.15) is 11.6 Å². The van der Waals surface area contributed by atoms with Gasteiger partial charge in [0.05, 0.1) is 5.92 Å². The zero-order valence-electron chi connectivity index (χ0n) is 26.9. The molecule has 0 radical (unpaired) electrons. The van der Waals surface area contributed by atoms with Crippen LogP contribution in [0.5, 0.6) is 0 Å². The van der Waals surface area contributed by atoms with Crippen LogP contribution < -0.4 is 0 Å². The maximum atomic E-state index is 15.0. The molecule has 43 heavy (non-hydrogen) atoms. The number of aryl methyl sites for hydroxylation is 1. The SMILES string of the molecule is CC(=O)N(C)C(C)(C)[C@H]1CC2(CCN(C(=O)[C@@H]3CN(C(C)(C)C)C[C@H]3c3ccc(F)cc3F)CC2)c2cc(Cl)c(C)cc21. The Morgan fingerprint density at radius 2 is 1.65 bits per heavy atom. The fourth-order valence-corrected chi connectivity index (χ4v) is 8.08. The molecule has 3 aliphatic rings. The Kier molecular flexibility index (Phi) is 8.26. The molecule has 0 bridgehead atoms. The van der Waals surface area contributed by atoms with E-state index in [1.807, 2.05) is 23.8 Å². The van der Waals surface area contributed by atoms with Crippen LogP contribution in [0.25, 0.3) is 0 Å². The number of likely N-dealkylation sites (N-methyl/N-ethyl adjacent to an activating group) is 1. The molecule has 2 amide bonds. The molecule has 5 rings (SSSR count). The van der Waals surface area contributed by atoms with Crippen LogP contribution in [-0.2, 0) is 15.0 Å². The van der Waals surface area contributed by atoms with Gasteiger partial charge in [-0.1, -0.05) is 23.7 Å². The molecular weight excluding hydrogens is 568 g/mol. The van der Waals surface area contributed by atoms with Crippen molar-refractivity contribution in [1.29, 1.82) is 0 Å². The van der Waals surface area contributed by atoms with Gasteiger partial charge in [0.15, 0.2) is 0 Å². The topological polar surface area (TPSA) is 43.9 Å². The molecule has 234 valence electrons. The van der Waals surface area contributed by atoms with Crippen LogP contribution in [0.4, 0.5) is 8.78 Å². The van der Waals surface area contributed by atoms with Crippen LogP contribution in [-0.4, -0.2) is 70.8 Å². The number of nitrogens with zero attached hydrogens (tertiary/aromatic N) is 3. The van der Waals surface area contributed by atoms with Gasteiger partial charge >= 0.3 is 0 Å². The van der Waals surface area contributed by atoms with E-state index < -0.39 is 23.1 Å². The first-order valence-corrected chi connectivity index (χ1v) is 15.9. The molecule has 3 atom stereocenters. The molecule has 2 fully saturated rings. The fourth-order valence-electron chi connectivity index (χ4n) is 7.91. The highest BCUT2D eigenvalue weighted by Gasteiger charge is 2.52. The molecule has 2 aromatic rings. The number of amides is 2. The number of rotatable bonds is 4. The molecule has 8 heteroatoms. The van der Waals surface area contributed by atoms with E-state index in [0.29, 0.717) is 31.7 Å². The lowest BCUT2D eigenvalue weighted by Crippen LogP contribution is -2.50. The summed E-state index contributed by atoms with van der Waals surface area (Å²) in [5, 5.41) is 0.743. The first-order valence-electron chi connectivity index (χ1n) is 15.5. The molecule has 2 heterocycles. The van der Waals surface area contributed by atoms with E-state index in [-0.39, 0.29) is 34.6 Å². The van der Waals surface area contributed by atoms with Crippen LogP contribution in [0.1, 0.15) is 94.9 Å². The van der Waals surface area contributed by atoms with Gasteiger partial charge in [0.2, 0.25) is 11.8 Å². The van der Waals surface area contributed by atoms with E-state index in [4.69, 9.17) is 11.6 Å². The van der Waals surface area contributed by atoms with E-state index in [9.17, 15) is 14.0 Å². The van der Waals surface area contributed by atoms with E-state index >= 15 is 4.39 Å². The van der Waals surface area contributed by atoms with Crippen molar-refractivity contribution < 1.29 is 18.4 Å². The Labute approximate surface area is 260 Å². The van der Waals surface area contributed by atoms with Crippen LogP contribution in [0.15, 0.2) is 30.3 Å². The van der Waals surface area contributed by atoms with Crippen molar-refractivity contribution in [3.05, 3.63) is 69.2 Å². The summed E-state index contributed by atoms with van der Waals surface area (Å²) in [7, 11) is 1.87. The lowest BCUT2D eigenvalue weighted by molar-refractivity contribution is -0.138. The molecule has 5 nitrogen and oxygen atoms in total. The minimum absolute atomic E-state index is 0.0339. The van der Waals surface area contributed by atoms with Crippen LogP contribution in [0.3, 0.4) is 0 Å². The van der Waals surface area contributed by atoms with Gasteiger partial charge in [-0.25, -0.2) is 8.78 Å². The first kappa shape index (κ1) is 31.9. The van der Waals surface area contributed by atoms with Crippen molar-refractivity contribution >= 4 is 23.4 Å². The second kappa shape index (κ2) is 11.1. The minimum Gasteiger partial charge on any atom is -0.342 e. The lowest BCUT2D eigenvalue weighted by atomic mass is 9.71. The summed E-state index contributed by atoms with van der Waals surface area (Å²) in [6.07, 6.45) is 2.49. The molecule has 0 saturated carbocycles. The molecule has 1 spiro atoms. The maximum Gasteiger partial charge on any atom is 0.227 e. The van der Waals surface area contributed by atoms with Crippen LogP contribution in [0.2, 0.25) is 5.02 Å². The van der Waals surface area contributed by atoms with Gasteiger partial charge in [-0.2, -0.15) is 0 Å². The number of benzene rings is 2. The summed E-state index contributed by atoms with van der Waals surface area (Å²) in [6.45, 7) is 16.5. The molecule has 0 N–H and O–H groups in total. The molecule has 2 saturated heterocycles. The predicted molar refractivity (Wildman–Crippen MR) is 167 cm³/mol. The van der Waals surface area contributed by atoms with Gasteiger partial charge in [-0.3, -0.25) is 14.5 Å². The van der Waals surface area contributed by atoms with Crippen LogP contribution >= 0.6 is 11.6 Å². The average molecular weight is 614 g/mol. The number of hydrogen-bond donors (Lipinski definition) is 0. The monoisotopic (exact) mass is 613 g/mol. The average Bonchev–Trinajstić information content (AvgIpc) is 3.50. The summed E-state index contributed by atoms with van der Waals surface area (Å²) in [5.74, 6) is -1.73. The van der Waals surface area contributed by atoms with Crippen molar-refractivity contribution in [2.24, 2.45) is 5.92 Å². The molecule has 0 aromatic heterocycles. The Balaban J connectivity index is 1.42. The van der Waals surface area contributed by atoms with Gasteiger partial charge in [-0.15, -0.1) is 0 Å². The van der Waals surface area contributed by atoms with Gasteiger partial charge in [0, 0.05) is 74.2 Å². The van der Waals surface area contributed by atoms with E-state index in [1.165, 1.54) is 23.3 Å². The Hall–Kier alpha value is -2.51. The second-order valence-electron chi connectivity index (χ2n) is 14.7. The molecule has 2 aliphatic heterocycles. The number of carbonyl (C=O) groups excluding carboxylic acids is 2. The fraction of sp³-hybridized carbons (Fsp3) is 0.600. The van der Waals surface area contributed by atoms with Crippen LogP contribution in [0, 0.1) is 24.5 Å². The quantitative estimate of drug-likeness (QED) is 0.371. The highest BCUT2D eigenvalue weighted by atomic mass is 35.5. The number of piperidine rings is 1. The van der Waals surface area contributed by atoms with E-state index in [1.54, 1.807) is 6.92 Å². The van der Waals surface area contributed by atoms with Crippen molar-refractivity contribution in [2.45, 2.75) is 96.1 Å². The summed E-state index contributed by atoms with van der Waals surface area (Å²) < 4.78 is 28.8. The van der Waals surface area contributed by atoms with Crippen molar-refractivity contribution in [3.8, 4) is 0 Å². The van der Waals surface area contributed by atoms with Gasteiger partial charge in [-0.05, 0) is 101 Å². The third-order valence-corrected chi connectivity index (χ3v) is 11.4. The first-order chi connectivity index (χ1) is 20.0.